The van der Waals surface area contributed by atoms with Crippen LogP contribution in [0, 0.1) is 13.8 Å². The Bertz CT molecular complexity index is 1770. The number of benzene rings is 3. The van der Waals surface area contributed by atoms with E-state index in [0.717, 1.165) is 65.5 Å². The number of carbonyl (C=O) groups is 1. The summed E-state index contributed by atoms with van der Waals surface area (Å²) in [5.74, 6) is 1.80. The monoisotopic (exact) mass is 897 g/mol. The Labute approximate surface area is 401 Å². The van der Waals surface area contributed by atoms with Crippen molar-refractivity contribution < 1.29 is 20.1 Å². The normalized spacial score (nSPS) is 12.4. The van der Waals surface area contributed by atoms with Crippen LogP contribution in [0.15, 0.2) is 36.4 Å². The first-order chi connectivity index (χ1) is 30.2. The summed E-state index contributed by atoms with van der Waals surface area (Å²) in [4.78, 5) is 12.5. The van der Waals surface area contributed by atoms with Crippen molar-refractivity contribution in [2.45, 2.75) is 273 Å². The quantitative estimate of drug-likeness (QED) is 0.0783. The minimum Gasteiger partial charge on any atom is -0.508 e. The number of unbranched alkanes of at least 4 members (excludes halogenated alkanes) is 15. The summed E-state index contributed by atoms with van der Waals surface area (Å²) in [6.07, 6.45) is 25.9. The third-order valence-corrected chi connectivity index (χ3v) is 13.5. The average Bonchev–Trinajstić information content (AvgIpc) is 3.18. The summed E-state index contributed by atoms with van der Waals surface area (Å²) >= 11 is 0. The van der Waals surface area contributed by atoms with Gasteiger partial charge in [0.25, 0.3) is 0 Å². The first-order valence-electron chi connectivity index (χ1n) is 26.3. The topological polar surface area (TPSA) is 77.8 Å². The summed E-state index contributed by atoms with van der Waals surface area (Å²) in [7, 11) is 0. The van der Waals surface area contributed by atoms with Gasteiger partial charge in [0.05, 0.1) is 0 Å². The molecule has 368 valence electrons. The van der Waals surface area contributed by atoms with E-state index in [1.54, 1.807) is 0 Å². The minimum absolute atomic E-state index is 0.121. The molecule has 4 nitrogen and oxygen atoms in total. The van der Waals surface area contributed by atoms with Crippen LogP contribution in [0.5, 0.6) is 17.2 Å². The molecule has 3 aromatic rings. The molecule has 0 radical (unpaired) electrons. The number of carbonyl (C=O) groups excluding carboxylic acids is 1. The van der Waals surface area contributed by atoms with Crippen LogP contribution in [-0.4, -0.2) is 21.1 Å². The molecule has 0 aliphatic carbocycles. The van der Waals surface area contributed by atoms with Crippen molar-refractivity contribution in [2.75, 3.05) is 0 Å². The fraction of sp³-hybridized carbons (Fsp3) is 0.689. The Morgan fingerprint density at radius 3 is 1.11 bits per heavy atom. The summed E-state index contributed by atoms with van der Waals surface area (Å²) in [6.45, 7) is 34.3. The Morgan fingerprint density at radius 1 is 0.446 bits per heavy atom. The predicted octanol–water partition coefficient (Wildman–Crippen LogP) is 18.4. The Hall–Kier alpha value is -3.27. The first kappa shape index (κ1) is 57.9. The van der Waals surface area contributed by atoms with Crippen LogP contribution in [0.4, 0.5) is 0 Å². The van der Waals surface area contributed by atoms with Gasteiger partial charge in [-0.05, 0) is 117 Å². The molecule has 3 N–H and O–H groups in total. The van der Waals surface area contributed by atoms with Gasteiger partial charge in [0, 0.05) is 18.8 Å². The molecule has 0 fully saturated rings. The average molecular weight is 897 g/mol. The van der Waals surface area contributed by atoms with E-state index in [0.29, 0.717) is 29.5 Å². The molecule has 0 heterocycles. The van der Waals surface area contributed by atoms with Crippen LogP contribution in [0.25, 0.3) is 0 Å². The smallest absolute Gasteiger partial charge is 0.133 e. The van der Waals surface area contributed by atoms with E-state index in [1.165, 1.54) is 113 Å². The van der Waals surface area contributed by atoms with Gasteiger partial charge in [0.1, 0.15) is 23.0 Å². The lowest BCUT2D eigenvalue weighted by atomic mass is 9.76. The van der Waals surface area contributed by atoms with Gasteiger partial charge in [0.2, 0.25) is 0 Å². The van der Waals surface area contributed by atoms with Crippen LogP contribution in [0.1, 0.15) is 281 Å². The highest BCUT2D eigenvalue weighted by Crippen LogP contribution is 2.43. The van der Waals surface area contributed by atoms with E-state index >= 15 is 0 Å². The molecule has 3 rings (SSSR count). The van der Waals surface area contributed by atoms with Crippen molar-refractivity contribution in [3.63, 3.8) is 0 Å². The summed E-state index contributed by atoms with van der Waals surface area (Å²) in [5, 5.41) is 32.0. The molecule has 0 spiro atoms. The third-order valence-electron chi connectivity index (χ3n) is 13.5. The highest BCUT2D eigenvalue weighted by Gasteiger charge is 2.28. The number of Topliss-reactive ketones (excluding diaryl/α,β-unsaturated/α-hetero) is 1. The van der Waals surface area contributed by atoms with Gasteiger partial charge in [0.15, 0.2) is 0 Å². The zero-order valence-corrected chi connectivity index (χ0v) is 45.1. The molecule has 4 heteroatoms. The van der Waals surface area contributed by atoms with Gasteiger partial charge in [-0.25, -0.2) is 0 Å². The number of phenols is 3. The molecule has 3 aromatic carbocycles. The van der Waals surface area contributed by atoms with Crippen molar-refractivity contribution in [3.05, 3.63) is 86.5 Å². The van der Waals surface area contributed by atoms with E-state index in [1.807, 2.05) is 12.1 Å². The SMILES string of the molecule is CCCC(c1cc(C(C)(C)C)c(O)cc1C)c1cc(C(C)(C)C)c(O)cc1C.CCCCCCCCCCCCCCCCCCC(=O)CCc1cc(C(C)(C)C)c(O)c(C(C)(C)C)c1. The van der Waals surface area contributed by atoms with E-state index in [4.69, 9.17) is 0 Å². The van der Waals surface area contributed by atoms with Gasteiger partial charge in [-0.3, -0.25) is 4.79 Å². The van der Waals surface area contributed by atoms with Crippen LogP contribution < -0.4 is 0 Å². The summed E-state index contributed by atoms with van der Waals surface area (Å²) in [5.41, 5.74) is 9.42. The fourth-order valence-corrected chi connectivity index (χ4v) is 9.40. The number of aryl methyl sites for hydroxylation is 3. The van der Waals surface area contributed by atoms with Gasteiger partial charge < -0.3 is 15.3 Å². The summed E-state index contributed by atoms with van der Waals surface area (Å²) < 4.78 is 0. The Kier molecular flexibility index (Phi) is 24.0. The van der Waals surface area contributed by atoms with Crippen LogP contribution in [0.3, 0.4) is 0 Å². The molecule has 0 aromatic heterocycles. The van der Waals surface area contributed by atoms with Crippen molar-refractivity contribution in [2.24, 2.45) is 0 Å². The lowest BCUT2D eigenvalue weighted by molar-refractivity contribution is -0.119. The van der Waals surface area contributed by atoms with Gasteiger partial charge in [-0.2, -0.15) is 0 Å². The molecule has 0 unspecified atom stereocenters. The van der Waals surface area contributed by atoms with Crippen molar-refractivity contribution >= 4 is 5.78 Å². The molecule has 0 bridgehead atoms. The highest BCUT2D eigenvalue weighted by molar-refractivity contribution is 5.78. The maximum atomic E-state index is 12.5. The van der Waals surface area contributed by atoms with Gasteiger partial charge >= 0.3 is 0 Å². The van der Waals surface area contributed by atoms with E-state index in [-0.39, 0.29) is 27.6 Å². The number of hydrogen-bond acceptors (Lipinski definition) is 4. The standard InChI is InChI=1S/C35H62O2.C26H38O2/c1-8-9-10-11-12-13-14-15-16-17-18-19-20-21-22-23-24-30(36)26-25-29-27-31(34(2,3)4)33(37)32(28-29)35(5,6)7;1-10-11-18(19-14-21(25(4,5)6)23(27)12-16(19)2)20-15-22(26(7,8)9)24(28)13-17(20)3/h27-28,37H,8-26H2,1-7H3;12-15,18,27-28H,10-11H2,1-9H3. The number of aromatic hydroxyl groups is 3. The van der Waals surface area contributed by atoms with Crippen LogP contribution in [0.2, 0.25) is 0 Å². The largest absolute Gasteiger partial charge is 0.508 e. The second kappa shape index (κ2) is 26.9. The molecule has 65 heavy (non-hydrogen) atoms. The molecular weight excluding hydrogens is 797 g/mol. The van der Waals surface area contributed by atoms with E-state index in [9.17, 15) is 20.1 Å². The number of rotatable bonds is 24. The zero-order chi connectivity index (χ0) is 49.2. The fourth-order valence-electron chi connectivity index (χ4n) is 9.40. The van der Waals surface area contributed by atoms with Crippen molar-refractivity contribution in [1.29, 1.82) is 0 Å². The molecule has 0 amide bonds. The molecular formula is C61H100O4. The Balaban J connectivity index is 0.000000463. The van der Waals surface area contributed by atoms with Crippen LogP contribution >= 0.6 is 0 Å². The van der Waals surface area contributed by atoms with Gasteiger partial charge in [-0.15, -0.1) is 0 Å². The second-order valence-corrected chi connectivity index (χ2v) is 23.9. The minimum atomic E-state index is -0.127. The lowest BCUT2D eigenvalue weighted by Gasteiger charge is -2.29. The van der Waals surface area contributed by atoms with E-state index in [2.05, 4.69) is 135 Å². The summed E-state index contributed by atoms with van der Waals surface area (Å²) in [6, 6.07) is 12.5. The number of hydrogen-bond donors (Lipinski definition) is 3. The molecule has 0 saturated carbocycles. The Morgan fingerprint density at radius 2 is 0.785 bits per heavy atom. The molecule has 0 aliphatic heterocycles. The predicted molar refractivity (Wildman–Crippen MR) is 283 cm³/mol. The molecule has 0 aliphatic rings. The number of phenolic OH excluding ortho intramolecular Hbond substituents is 3. The lowest BCUT2D eigenvalue weighted by Crippen LogP contribution is -2.18. The zero-order valence-electron chi connectivity index (χ0n) is 45.1. The van der Waals surface area contributed by atoms with E-state index < -0.39 is 0 Å². The third kappa shape index (κ3) is 19.8. The number of ketones is 1. The van der Waals surface area contributed by atoms with Crippen molar-refractivity contribution in [1.82, 2.24) is 0 Å². The second-order valence-electron chi connectivity index (χ2n) is 23.9. The van der Waals surface area contributed by atoms with Gasteiger partial charge in [-0.1, -0.05) is 224 Å². The first-order valence-corrected chi connectivity index (χ1v) is 26.3. The molecule has 0 saturated heterocycles. The highest BCUT2D eigenvalue weighted by atomic mass is 16.3. The maximum absolute atomic E-state index is 12.5. The van der Waals surface area contributed by atoms with Crippen molar-refractivity contribution in [3.8, 4) is 17.2 Å². The van der Waals surface area contributed by atoms with Crippen LogP contribution in [-0.2, 0) is 32.9 Å². The maximum Gasteiger partial charge on any atom is 0.133 e. The molecule has 0 atom stereocenters.